The Balaban J connectivity index is 2.81. The van der Waals surface area contributed by atoms with Crippen molar-refractivity contribution in [1.82, 2.24) is 0 Å². The smallest absolute Gasteiger partial charge is 0.272 e. The highest BCUT2D eigenvalue weighted by atomic mass is 16.6. The maximum atomic E-state index is 11.3. The standard InChI is InChI=1S/C11H14N2O3/c1-3-4-11(14)12-9-5-6-10(13(15)16)8(2)7-9/h5-7H,3-4H2,1-2H3,(H,12,14). The zero-order valence-electron chi connectivity index (χ0n) is 9.32. The summed E-state index contributed by atoms with van der Waals surface area (Å²) >= 11 is 0. The van der Waals surface area contributed by atoms with E-state index in [0.717, 1.165) is 6.42 Å². The van der Waals surface area contributed by atoms with Gasteiger partial charge in [-0.3, -0.25) is 14.9 Å². The molecule has 0 aliphatic rings. The number of carbonyl (C=O) groups is 1. The van der Waals surface area contributed by atoms with Crippen LogP contribution in [-0.4, -0.2) is 10.8 Å². The number of benzene rings is 1. The van der Waals surface area contributed by atoms with Crippen LogP contribution in [0.5, 0.6) is 0 Å². The molecule has 1 rings (SSSR count). The van der Waals surface area contributed by atoms with Gasteiger partial charge in [-0.25, -0.2) is 0 Å². The second-order valence-electron chi connectivity index (χ2n) is 3.56. The molecule has 1 amide bonds. The quantitative estimate of drug-likeness (QED) is 0.628. The summed E-state index contributed by atoms with van der Waals surface area (Å²) in [5.41, 5.74) is 1.20. The van der Waals surface area contributed by atoms with E-state index in [0.29, 0.717) is 17.7 Å². The Labute approximate surface area is 93.6 Å². The molecule has 0 aliphatic carbocycles. The molecule has 0 bridgehead atoms. The number of hydrogen-bond acceptors (Lipinski definition) is 3. The summed E-state index contributed by atoms with van der Waals surface area (Å²) in [6.45, 7) is 3.56. The van der Waals surface area contributed by atoms with Gasteiger partial charge in [-0.15, -0.1) is 0 Å². The number of nitrogens with one attached hydrogen (secondary N) is 1. The molecule has 0 aromatic heterocycles. The molecule has 5 heteroatoms. The maximum Gasteiger partial charge on any atom is 0.272 e. The predicted molar refractivity (Wildman–Crippen MR) is 61.4 cm³/mol. The van der Waals surface area contributed by atoms with Gasteiger partial charge in [0.1, 0.15) is 0 Å². The maximum absolute atomic E-state index is 11.3. The third kappa shape index (κ3) is 3.05. The molecule has 0 aliphatic heterocycles. The van der Waals surface area contributed by atoms with E-state index in [1.165, 1.54) is 6.07 Å². The van der Waals surface area contributed by atoms with E-state index in [2.05, 4.69) is 5.32 Å². The molecule has 0 atom stereocenters. The number of carbonyl (C=O) groups excluding carboxylic acids is 1. The van der Waals surface area contributed by atoms with Crippen LogP contribution in [-0.2, 0) is 4.79 Å². The van der Waals surface area contributed by atoms with Crippen LogP contribution in [0.3, 0.4) is 0 Å². The van der Waals surface area contributed by atoms with E-state index < -0.39 is 4.92 Å². The van der Waals surface area contributed by atoms with E-state index >= 15 is 0 Å². The minimum atomic E-state index is -0.438. The fourth-order valence-electron chi connectivity index (χ4n) is 1.39. The van der Waals surface area contributed by atoms with Gasteiger partial charge in [0, 0.05) is 23.7 Å². The molecule has 5 nitrogen and oxygen atoms in total. The van der Waals surface area contributed by atoms with Crippen molar-refractivity contribution in [2.75, 3.05) is 5.32 Å². The second kappa shape index (κ2) is 5.25. The van der Waals surface area contributed by atoms with Crippen LogP contribution < -0.4 is 5.32 Å². The van der Waals surface area contributed by atoms with E-state index in [9.17, 15) is 14.9 Å². The van der Waals surface area contributed by atoms with Gasteiger partial charge in [0.15, 0.2) is 0 Å². The average molecular weight is 222 g/mol. The Hall–Kier alpha value is -1.91. The van der Waals surface area contributed by atoms with Crippen LogP contribution in [0.25, 0.3) is 0 Å². The molecule has 0 saturated carbocycles. The summed E-state index contributed by atoms with van der Waals surface area (Å²) in [4.78, 5) is 21.4. The Morgan fingerprint density at radius 1 is 1.50 bits per heavy atom. The largest absolute Gasteiger partial charge is 0.326 e. The Kier molecular flexibility index (Phi) is 3.99. The van der Waals surface area contributed by atoms with Crippen molar-refractivity contribution in [2.24, 2.45) is 0 Å². The molecule has 0 saturated heterocycles. The summed E-state index contributed by atoms with van der Waals surface area (Å²) in [5.74, 6) is -0.0734. The Morgan fingerprint density at radius 2 is 2.19 bits per heavy atom. The molecule has 1 aromatic rings. The van der Waals surface area contributed by atoms with Crippen LogP contribution in [0.2, 0.25) is 0 Å². The van der Waals surface area contributed by atoms with Crippen molar-refractivity contribution in [3.8, 4) is 0 Å². The highest BCUT2D eigenvalue weighted by molar-refractivity contribution is 5.90. The first-order valence-corrected chi connectivity index (χ1v) is 5.09. The van der Waals surface area contributed by atoms with Crippen LogP contribution in [0.4, 0.5) is 11.4 Å². The van der Waals surface area contributed by atoms with Gasteiger partial charge in [-0.1, -0.05) is 6.92 Å². The minimum Gasteiger partial charge on any atom is -0.326 e. The van der Waals surface area contributed by atoms with Crippen molar-refractivity contribution < 1.29 is 9.72 Å². The molecule has 0 radical (unpaired) electrons. The van der Waals surface area contributed by atoms with Crippen molar-refractivity contribution in [3.63, 3.8) is 0 Å². The van der Waals surface area contributed by atoms with Gasteiger partial charge >= 0.3 is 0 Å². The van der Waals surface area contributed by atoms with E-state index in [1.54, 1.807) is 19.1 Å². The monoisotopic (exact) mass is 222 g/mol. The molecule has 0 unspecified atom stereocenters. The van der Waals surface area contributed by atoms with Crippen LogP contribution in [0.1, 0.15) is 25.3 Å². The molecular weight excluding hydrogens is 208 g/mol. The number of nitrogens with zero attached hydrogens (tertiary/aromatic N) is 1. The highest BCUT2D eigenvalue weighted by Crippen LogP contribution is 2.21. The number of nitro benzene ring substituents is 1. The first-order valence-electron chi connectivity index (χ1n) is 5.09. The lowest BCUT2D eigenvalue weighted by Crippen LogP contribution is -2.10. The third-order valence-corrected chi connectivity index (χ3v) is 2.15. The number of hydrogen-bond donors (Lipinski definition) is 1. The zero-order chi connectivity index (χ0) is 12.1. The van der Waals surface area contributed by atoms with Crippen molar-refractivity contribution in [1.29, 1.82) is 0 Å². The summed E-state index contributed by atoms with van der Waals surface area (Å²) in [6, 6.07) is 4.54. The SMILES string of the molecule is CCCC(=O)Nc1ccc([N+](=O)[O-])c(C)c1. The Bertz CT molecular complexity index is 416. The number of nitro groups is 1. The average Bonchev–Trinajstić information content (AvgIpc) is 2.17. The fourth-order valence-corrected chi connectivity index (χ4v) is 1.39. The summed E-state index contributed by atoms with van der Waals surface area (Å²) in [5, 5.41) is 13.3. The number of anilines is 1. The molecule has 16 heavy (non-hydrogen) atoms. The van der Waals surface area contributed by atoms with Gasteiger partial charge in [0.25, 0.3) is 5.69 Å². The summed E-state index contributed by atoms with van der Waals surface area (Å²) in [6.07, 6.45) is 1.23. The van der Waals surface area contributed by atoms with E-state index in [4.69, 9.17) is 0 Å². The highest BCUT2D eigenvalue weighted by Gasteiger charge is 2.10. The minimum absolute atomic E-state index is 0.0634. The first kappa shape index (κ1) is 12.2. The van der Waals surface area contributed by atoms with Crippen LogP contribution in [0, 0.1) is 17.0 Å². The lowest BCUT2D eigenvalue weighted by Gasteiger charge is -2.05. The summed E-state index contributed by atoms with van der Waals surface area (Å²) in [7, 11) is 0. The van der Waals surface area contributed by atoms with E-state index in [-0.39, 0.29) is 11.6 Å². The Morgan fingerprint density at radius 3 is 2.69 bits per heavy atom. The van der Waals surface area contributed by atoms with Crippen molar-refractivity contribution in [2.45, 2.75) is 26.7 Å². The zero-order valence-corrected chi connectivity index (χ0v) is 9.32. The number of rotatable bonds is 4. The molecule has 1 N–H and O–H groups in total. The third-order valence-electron chi connectivity index (χ3n) is 2.15. The topological polar surface area (TPSA) is 72.2 Å². The van der Waals surface area contributed by atoms with Gasteiger partial charge < -0.3 is 5.32 Å². The molecular formula is C11H14N2O3. The molecule has 0 fully saturated rings. The molecule has 86 valence electrons. The van der Waals surface area contributed by atoms with Crippen LogP contribution in [0.15, 0.2) is 18.2 Å². The van der Waals surface area contributed by atoms with Crippen molar-refractivity contribution in [3.05, 3.63) is 33.9 Å². The fraction of sp³-hybridized carbons (Fsp3) is 0.364. The molecule has 1 aromatic carbocycles. The first-order chi connectivity index (χ1) is 7.54. The van der Waals surface area contributed by atoms with Crippen LogP contribution >= 0.6 is 0 Å². The van der Waals surface area contributed by atoms with Crippen molar-refractivity contribution >= 4 is 17.3 Å². The lowest BCUT2D eigenvalue weighted by molar-refractivity contribution is -0.385. The number of aryl methyl sites for hydroxylation is 1. The summed E-state index contributed by atoms with van der Waals surface area (Å²) < 4.78 is 0. The van der Waals surface area contributed by atoms with E-state index in [1.807, 2.05) is 6.92 Å². The van der Waals surface area contributed by atoms with Gasteiger partial charge in [-0.2, -0.15) is 0 Å². The van der Waals surface area contributed by atoms with Gasteiger partial charge in [0.05, 0.1) is 4.92 Å². The van der Waals surface area contributed by atoms with Gasteiger partial charge in [-0.05, 0) is 25.5 Å². The molecule has 0 spiro atoms. The molecule has 0 heterocycles. The number of amides is 1. The lowest BCUT2D eigenvalue weighted by atomic mass is 10.2. The second-order valence-corrected chi connectivity index (χ2v) is 3.56. The predicted octanol–water partition coefficient (Wildman–Crippen LogP) is 2.64. The normalized spacial score (nSPS) is 9.88. The van der Waals surface area contributed by atoms with Gasteiger partial charge in [0.2, 0.25) is 5.91 Å².